The Hall–Kier alpha value is -0.510. The van der Waals surface area contributed by atoms with E-state index in [9.17, 15) is 5.11 Å². The molecule has 0 spiro atoms. The molecule has 0 bridgehead atoms. The first-order chi connectivity index (χ1) is 9.58. The van der Waals surface area contributed by atoms with E-state index in [1.54, 1.807) is 0 Å². The zero-order valence-electron chi connectivity index (χ0n) is 13.2. The van der Waals surface area contributed by atoms with Crippen molar-refractivity contribution in [2.75, 3.05) is 12.3 Å². The highest BCUT2D eigenvalue weighted by atomic mass is 32.2. The predicted molar refractivity (Wildman–Crippen MR) is 90.5 cm³/mol. The van der Waals surface area contributed by atoms with Crippen molar-refractivity contribution in [2.24, 2.45) is 0 Å². The van der Waals surface area contributed by atoms with Crippen molar-refractivity contribution in [1.29, 1.82) is 0 Å². The number of thioether (sulfide) groups is 1. The normalized spacial score (nSPS) is 15.8. The maximum Gasteiger partial charge on any atom is 0.0628 e. The SMILES string of the molecule is CCCNC(CSC(C)C(C)O)c1ccc(CC)cc1. The van der Waals surface area contributed by atoms with Gasteiger partial charge in [0.05, 0.1) is 6.10 Å². The van der Waals surface area contributed by atoms with Crippen LogP contribution in [0.1, 0.15) is 51.3 Å². The van der Waals surface area contributed by atoms with E-state index in [1.165, 1.54) is 11.1 Å². The van der Waals surface area contributed by atoms with Crippen molar-refractivity contribution >= 4 is 11.8 Å². The average Bonchev–Trinajstić information content (AvgIpc) is 2.47. The number of hydrogen-bond acceptors (Lipinski definition) is 3. The van der Waals surface area contributed by atoms with Gasteiger partial charge >= 0.3 is 0 Å². The lowest BCUT2D eigenvalue weighted by Crippen LogP contribution is -2.26. The second-order valence-corrected chi connectivity index (χ2v) is 6.79. The highest BCUT2D eigenvalue weighted by molar-refractivity contribution is 7.99. The summed E-state index contributed by atoms with van der Waals surface area (Å²) in [5.74, 6) is 0.998. The van der Waals surface area contributed by atoms with Gasteiger partial charge in [0.25, 0.3) is 0 Å². The Morgan fingerprint density at radius 1 is 1.15 bits per heavy atom. The lowest BCUT2D eigenvalue weighted by Gasteiger charge is -2.22. The number of rotatable bonds is 9. The van der Waals surface area contributed by atoms with Crippen LogP contribution in [0.25, 0.3) is 0 Å². The lowest BCUT2D eigenvalue weighted by molar-refractivity contribution is 0.196. The van der Waals surface area contributed by atoms with Crippen molar-refractivity contribution in [3.63, 3.8) is 0 Å². The number of aliphatic hydroxyl groups excluding tert-OH is 1. The Labute approximate surface area is 128 Å². The van der Waals surface area contributed by atoms with Crippen molar-refractivity contribution < 1.29 is 5.11 Å². The molecule has 0 fully saturated rings. The number of aliphatic hydroxyl groups is 1. The second kappa shape index (κ2) is 9.43. The summed E-state index contributed by atoms with van der Waals surface area (Å²) in [6.45, 7) is 9.36. The van der Waals surface area contributed by atoms with Gasteiger partial charge in [-0.05, 0) is 37.4 Å². The number of aryl methyl sites for hydroxylation is 1. The molecule has 0 saturated carbocycles. The Kier molecular flexibility index (Phi) is 8.27. The standard InChI is InChI=1S/C17H29NOS/c1-5-11-18-17(12-20-14(4)13(3)19)16-9-7-15(6-2)8-10-16/h7-10,13-14,17-19H,5-6,11-12H2,1-4H3. The maximum absolute atomic E-state index is 9.61. The summed E-state index contributed by atoms with van der Waals surface area (Å²) in [6, 6.07) is 9.28. The predicted octanol–water partition coefficient (Wildman–Crippen LogP) is 3.79. The Bertz CT molecular complexity index is 364. The Morgan fingerprint density at radius 3 is 2.30 bits per heavy atom. The van der Waals surface area contributed by atoms with E-state index in [0.29, 0.717) is 6.04 Å². The van der Waals surface area contributed by atoms with Crippen LogP contribution in [0.3, 0.4) is 0 Å². The van der Waals surface area contributed by atoms with Gasteiger partial charge in [0.2, 0.25) is 0 Å². The van der Waals surface area contributed by atoms with Gasteiger partial charge in [-0.15, -0.1) is 0 Å². The van der Waals surface area contributed by atoms with E-state index >= 15 is 0 Å². The summed E-state index contributed by atoms with van der Waals surface area (Å²) in [5, 5.41) is 13.5. The fourth-order valence-electron chi connectivity index (χ4n) is 1.96. The van der Waals surface area contributed by atoms with Gasteiger partial charge in [-0.3, -0.25) is 0 Å². The zero-order valence-corrected chi connectivity index (χ0v) is 14.0. The van der Waals surface area contributed by atoms with E-state index in [0.717, 1.165) is 25.1 Å². The van der Waals surface area contributed by atoms with Gasteiger partial charge in [-0.2, -0.15) is 11.8 Å². The summed E-state index contributed by atoms with van der Waals surface area (Å²) in [6.07, 6.45) is 1.97. The molecule has 1 rings (SSSR count). The molecule has 0 heterocycles. The van der Waals surface area contributed by atoms with E-state index in [4.69, 9.17) is 0 Å². The minimum atomic E-state index is -0.255. The molecule has 2 nitrogen and oxygen atoms in total. The van der Waals surface area contributed by atoms with Gasteiger partial charge in [0, 0.05) is 17.0 Å². The minimum Gasteiger partial charge on any atom is -0.392 e. The molecule has 114 valence electrons. The van der Waals surface area contributed by atoms with Crippen molar-refractivity contribution in [2.45, 2.75) is 57.9 Å². The minimum absolute atomic E-state index is 0.255. The molecule has 1 aromatic carbocycles. The molecular weight excluding hydrogens is 266 g/mol. The van der Waals surface area contributed by atoms with Crippen LogP contribution in [0.5, 0.6) is 0 Å². The number of nitrogens with one attached hydrogen (secondary N) is 1. The van der Waals surface area contributed by atoms with E-state index in [2.05, 4.69) is 50.4 Å². The molecule has 3 atom stereocenters. The van der Waals surface area contributed by atoms with Gasteiger partial charge in [-0.1, -0.05) is 45.0 Å². The quantitative estimate of drug-likeness (QED) is 0.727. The van der Waals surface area contributed by atoms with Crippen LogP contribution < -0.4 is 5.32 Å². The summed E-state index contributed by atoms with van der Waals surface area (Å²) in [4.78, 5) is 0. The molecule has 20 heavy (non-hydrogen) atoms. The van der Waals surface area contributed by atoms with Crippen LogP contribution in [0, 0.1) is 0 Å². The topological polar surface area (TPSA) is 32.3 Å². The number of hydrogen-bond donors (Lipinski definition) is 2. The van der Waals surface area contributed by atoms with Crippen LogP contribution in [0.4, 0.5) is 0 Å². The molecule has 2 N–H and O–H groups in total. The fraction of sp³-hybridized carbons (Fsp3) is 0.647. The largest absolute Gasteiger partial charge is 0.392 e. The molecule has 0 aliphatic carbocycles. The molecule has 1 aromatic rings. The molecule has 0 saturated heterocycles. The first kappa shape index (κ1) is 17.5. The second-order valence-electron chi connectivity index (χ2n) is 5.38. The van der Waals surface area contributed by atoms with Gasteiger partial charge in [-0.25, -0.2) is 0 Å². The zero-order chi connectivity index (χ0) is 15.0. The lowest BCUT2D eigenvalue weighted by atomic mass is 10.0. The summed E-state index contributed by atoms with van der Waals surface area (Å²) >= 11 is 1.84. The summed E-state index contributed by atoms with van der Waals surface area (Å²) in [5.41, 5.74) is 2.73. The van der Waals surface area contributed by atoms with E-state index in [-0.39, 0.29) is 11.4 Å². The third-order valence-corrected chi connectivity index (χ3v) is 5.08. The van der Waals surface area contributed by atoms with Crippen molar-refractivity contribution in [3.05, 3.63) is 35.4 Å². The van der Waals surface area contributed by atoms with Gasteiger partial charge in [0.15, 0.2) is 0 Å². The molecule has 0 amide bonds. The third kappa shape index (κ3) is 5.86. The maximum atomic E-state index is 9.61. The first-order valence-electron chi connectivity index (χ1n) is 7.70. The highest BCUT2D eigenvalue weighted by Gasteiger charge is 2.15. The Morgan fingerprint density at radius 2 is 1.80 bits per heavy atom. The van der Waals surface area contributed by atoms with Gasteiger partial charge in [0.1, 0.15) is 0 Å². The molecule has 0 aliphatic rings. The fourth-order valence-corrected chi connectivity index (χ4v) is 3.05. The smallest absolute Gasteiger partial charge is 0.0628 e. The van der Waals surface area contributed by atoms with Crippen LogP contribution in [0.2, 0.25) is 0 Å². The molecular formula is C17H29NOS. The van der Waals surface area contributed by atoms with Gasteiger partial charge < -0.3 is 10.4 Å². The third-order valence-electron chi connectivity index (χ3n) is 3.64. The van der Waals surface area contributed by atoms with Crippen LogP contribution in [0.15, 0.2) is 24.3 Å². The van der Waals surface area contributed by atoms with Crippen LogP contribution >= 0.6 is 11.8 Å². The first-order valence-corrected chi connectivity index (χ1v) is 8.75. The summed E-state index contributed by atoms with van der Waals surface area (Å²) < 4.78 is 0. The molecule has 3 unspecified atom stereocenters. The van der Waals surface area contributed by atoms with E-state index in [1.807, 2.05) is 18.7 Å². The molecule has 0 aromatic heterocycles. The summed E-state index contributed by atoms with van der Waals surface area (Å²) in [7, 11) is 0. The number of benzene rings is 1. The monoisotopic (exact) mass is 295 g/mol. The molecule has 0 aliphatic heterocycles. The average molecular weight is 295 g/mol. The Balaban J connectivity index is 2.66. The van der Waals surface area contributed by atoms with Crippen LogP contribution in [-0.2, 0) is 6.42 Å². The molecule has 0 radical (unpaired) electrons. The van der Waals surface area contributed by atoms with Crippen LogP contribution in [-0.4, -0.2) is 28.8 Å². The highest BCUT2D eigenvalue weighted by Crippen LogP contribution is 2.23. The molecule has 3 heteroatoms. The van der Waals surface area contributed by atoms with E-state index < -0.39 is 0 Å². The van der Waals surface area contributed by atoms with Crippen molar-refractivity contribution in [1.82, 2.24) is 5.32 Å². The van der Waals surface area contributed by atoms with Crippen molar-refractivity contribution in [3.8, 4) is 0 Å².